The van der Waals surface area contributed by atoms with Crippen molar-refractivity contribution in [2.75, 3.05) is 18.5 Å². The van der Waals surface area contributed by atoms with Gasteiger partial charge in [-0.05, 0) is 54.4 Å². The Morgan fingerprint density at radius 1 is 1.12 bits per heavy atom. The molecule has 6 heteroatoms. The summed E-state index contributed by atoms with van der Waals surface area (Å²) in [7, 11) is 0. The Balaban J connectivity index is 1.49. The second-order valence-electron chi connectivity index (χ2n) is 5.54. The van der Waals surface area contributed by atoms with Gasteiger partial charge in [0.2, 0.25) is 5.91 Å². The molecule has 0 saturated carbocycles. The lowest BCUT2D eigenvalue weighted by Crippen LogP contribution is -2.19. The summed E-state index contributed by atoms with van der Waals surface area (Å²) in [6.07, 6.45) is 1.04. The van der Waals surface area contributed by atoms with Crippen LogP contribution in [0.2, 0.25) is 0 Å². The molecule has 0 aliphatic carbocycles. The van der Waals surface area contributed by atoms with Gasteiger partial charge in [-0.25, -0.2) is 4.79 Å². The second-order valence-corrected chi connectivity index (χ2v) is 5.54. The molecule has 0 spiro atoms. The predicted octanol–water partition coefficient (Wildman–Crippen LogP) is 2.68. The number of benzene rings is 2. The molecule has 2 aromatic carbocycles. The van der Waals surface area contributed by atoms with E-state index in [1.54, 1.807) is 42.5 Å². The van der Waals surface area contributed by atoms with E-state index in [2.05, 4.69) is 5.32 Å². The average molecular weight is 336 g/mol. The maximum absolute atomic E-state index is 12.1. The quantitative estimate of drug-likeness (QED) is 0.670. The van der Waals surface area contributed by atoms with Crippen molar-refractivity contribution in [3.8, 4) is 11.8 Å². The van der Waals surface area contributed by atoms with E-state index in [1.165, 1.54) is 0 Å². The van der Waals surface area contributed by atoms with Crippen molar-refractivity contribution in [3.05, 3.63) is 59.2 Å². The molecule has 0 aromatic heterocycles. The van der Waals surface area contributed by atoms with E-state index in [4.69, 9.17) is 14.7 Å². The molecule has 1 heterocycles. The number of rotatable bonds is 5. The van der Waals surface area contributed by atoms with E-state index in [9.17, 15) is 9.59 Å². The van der Waals surface area contributed by atoms with Gasteiger partial charge in [-0.15, -0.1) is 0 Å². The molecule has 2 aromatic rings. The number of nitrogens with zero attached hydrogens (tertiary/aromatic N) is 1. The van der Waals surface area contributed by atoms with Gasteiger partial charge in [0.1, 0.15) is 19.0 Å². The molecule has 6 nitrogen and oxygen atoms in total. The third-order valence-corrected chi connectivity index (χ3v) is 3.81. The molecule has 0 bridgehead atoms. The van der Waals surface area contributed by atoms with E-state index in [0.717, 1.165) is 11.3 Å². The monoisotopic (exact) mass is 336 g/mol. The second kappa shape index (κ2) is 7.49. The lowest BCUT2D eigenvalue weighted by atomic mass is 10.0. The SMILES string of the molecule is N#Cc1ccc(OCCOC(=O)c2ccc3c(c2)CCC(=O)N3)cc1. The zero-order valence-electron chi connectivity index (χ0n) is 13.5. The summed E-state index contributed by atoms with van der Waals surface area (Å²) in [6, 6.07) is 13.8. The summed E-state index contributed by atoms with van der Waals surface area (Å²) in [4.78, 5) is 23.4. The molecular formula is C19H16N2O4. The van der Waals surface area contributed by atoms with E-state index in [1.807, 2.05) is 6.07 Å². The number of nitrogens with one attached hydrogen (secondary N) is 1. The minimum atomic E-state index is -0.428. The van der Waals surface area contributed by atoms with Gasteiger partial charge in [0, 0.05) is 12.1 Å². The number of carbonyl (C=O) groups excluding carboxylic acids is 2. The van der Waals surface area contributed by atoms with Crippen LogP contribution in [0.3, 0.4) is 0 Å². The third-order valence-electron chi connectivity index (χ3n) is 3.81. The molecule has 1 aliphatic heterocycles. The minimum absolute atomic E-state index is 0.0113. The highest BCUT2D eigenvalue weighted by Crippen LogP contribution is 2.23. The molecule has 3 rings (SSSR count). The van der Waals surface area contributed by atoms with Crippen LogP contribution in [0, 0.1) is 11.3 Å². The van der Waals surface area contributed by atoms with Gasteiger partial charge in [0.25, 0.3) is 0 Å². The summed E-state index contributed by atoms with van der Waals surface area (Å²) < 4.78 is 10.7. The fourth-order valence-electron chi connectivity index (χ4n) is 2.51. The first-order valence-electron chi connectivity index (χ1n) is 7.88. The van der Waals surface area contributed by atoms with Crippen LogP contribution >= 0.6 is 0 Å². The van der Waals surface area contributed by atoms with Gasteiger partial charge in [-0.3, -0.25) is 4.79 Å². The van der Waals surface area contributed by atoms with Gasteiger partial charge < -0.3 is 14.8 Å². The maximum Gasteiger partial charge on any atom is 0.338 e. The van der Waals surface area contributed by atoms with Gasteiger partial charge in [-0.2, -0.15) is 5.26 Å². The van der Waals surface area contributed by atoms with E-state index in [0.29, 0.717) is 29.7 Å². The summed E-state index contributed by atoms with van der Waals surface area (Å²) in [6.45, 7) is 0.339. The molecule has 0 atom stereocenters. The van der Waals surface area contributed by atoms with Crippen LogP contribution in [-0.4, -0.2) is 25.1 Å². The third kappa shape index (κ3) is 4.15. The van der Waals surface area contributed by atoms with Crippen LogP contribution in [0.1, 0.15) is 27.9 Å². The predicted molar refractivity (Wildman–Crippen MR) is 90.3 cm³/mol. The standard InChI is InChI=1S/C19H16N2O4/c20-12-13-1-5-16(6-2-13)24-9-10-25-19(23)15-3-7-17-14(11-15)4-8-18(22)21-17/h1-3,5-7,11H,4,8-10H2,(H,21,22). The van der Waals surface area contributed by atoms with Gasteiger partial charge >= 0.3 is 5.97 Å². The van der Waals surface area contributed by atoms with Gasteiger partial charge in [0.05, 0.1) is 17.2 Å². The van der Waals surface area contributed by atoms with Crippen molar-refractivity contribution in [1.29, 1.82) is 5.26 Å². The number of amides is 1. The fraction of sp³-hybridized carbons (Fsp3) is 0.211. The highest BCUT2D eigenvalue weighted by atomic mass is 16.6. The molecule has 0 unspecified atom stereocenters. The zero-order chi connectivity index (χ0) is 17.6. The first-order chi connectivity index (χ1) is 12.2. The van der Waals surface area contributed by atoms with Crippen LogP contribution in [0.25, 0.3) is 0 Å². The van der Waals surface area contributed by atoms with Crippen LogP contribution < -0.4 is 10.1 Å². The van der Waals surface area contributed by atoms with Crippen LogP contribution in [0.15, 0.2) is 42.5 Å². The number of esters is 1. The van der Waals surface area contributed by atoms with E-state index >= 15 is 0 Å². The Kier molecular flexibility index (Phi) is 4.95. The molecule has 0 radical (unpaired) electrons. The number of hydrogen-bond donors (Lipinski definition) is 1. The Labute approximate surface area is 145 Å². The highest BCUT2D eigenvalue weighted by Gasteiger charge is 2.17. The molecule has 1 aliphatic rings. The number of hydrogen-bond acceptors (Lipinski definition) is 5. The Morgan fingerprint density at radius 2 is 1.92 bits per heavy atom. The topological polar surface area (TPSA) is 88.4 Å². The number of aryl methyl sites for hydroxylation is 1. The average Bonchev–Trinajstić information content (AvgIpc) is 2.65. The highest BCUT2D eigenvalue weighted by molar-refractivity contribution is 5.96. The number of ether oxygens (including phenoxy) is 2. The van der Waals surface area contributed by atoms with Gasteiger partial charge in [-0.1, -0.05) is 0 Å². The van der Waals surface area contributed by atoms with Crippen molar-refractivity contribution < 1.29 is 19.1 Å². The largest absolute Gasteiger partial charge is 0.490 e. The molecule has 1 N–H and O–H groups in total. The van der Waals surface area contributed by atoms with E-state index in [-0.39, 0.29) is 19.1 Å². The number of nitriles is 1. The Hall–Kier alpha value is -3.33. The van der Waals surface area contributed by atoms with Crippen molar-refractivity contribution in [3.63, 3.8) is 0 Å². The first-order valence-corrected chi connectivity index (χ1v) is 7.88. The number of fused-ring (bicyclic) bond motifs is 1. The summed E-state index contributed by atoms with van der Waals surface area (Å²) in [5.74, 6) is 0.172. The van der Waals surface area contributed by atoms with Crippen molar-refractivity contribution in [2.24, 2.45) is 0 Å². The normalized spacial score (nSPS) is 12.5. The molecular weight excluding hydrogens is 320 g/mol. The molecule has 25 heavy (non-hydrogen) atoms. The fourth-order valence-corrected chi connectivity index (χ4v) is 2.51. The van der Waals surface area contributed by atoms with Crippen LogP contribution in [0.5, 0.6) is 5.75 Å². The molecule has 1 amide bonds. The van der Waals surface area contributed by atoms with Crippen molar-refractivity contribution in [1.82, 2.24) is 0 Å². The van der Waals surface area contributed by atoms with Gasteiger partial charge in [0.15, 0.2) is 0 Å². The van der Waals surface area contributed by atoms with E-state index < -0.39 is 5.97 Å². The zero-order valence-corrected chi connectivity index (χ0v) is 13.5. The molecule has 0 fully saturated rings. The van der Waals surface area contributed by atoms with Crippen molar-refractivity contribution >= 4 is 17.6 Å². The molecule has 0 saturated heterocycles. The number of carbonyl (C=O) groups is 2. The maximum atomic E-state index is 12.1. The first kappa shape index (κ1) is 16.5. The van der Waals surface area contributed by atoms with Crippen LogP contribution in [0.4, 0.5) is 5.69 Å². The summed E-state index contributed by atoms with van der Waals surface area (Å²) >= 11 is 0. The molecule has 126 valence electrons. The minimum Gasteiger partial charge on any atom is -0.490 e. The lowest BCUT2D eigenvalue weighted by Gasteiger charge is -2.17. The lowest BCUT2D eigenvalue weighted by molar-refractivity contribution is -0.116. The number of anilines is 1. The smallest absolute Gasteiger partial charge is 0.338 e. The van der Waals surface area contributed by atoms with Crippen molar-refractivity contribution in [2.45, 2.75) is 12.8 Å². The Morgan fingerprint density at radius 3 is 2.68 bits per heavy atom. The summed E-state index contributed by atoms with van der Waals surface area (Å²) in [5.41, 5.74) is 2.69. The van der Waals surface area contributed by atoms with Crippen LogP contribution in [-0.2, 0) is 16.0 Å². The summed E-state index contributed by atoms with van der Waals surface area (Å²) in [5, 5.41) is 11.5. The Bertz CT molecular complexity index is 837.